The number of rotatable bonds is 8. The Morgan fingerprint density at radius 1 is 1.18 bits per heavy atom. The van der Waals surface area contributed by atoms with Crippen molar-refractivity contribution >= 4 is 11.9 Å². The molecule has 8 heteroatoms. The van der Waals surface area contributed by atoms with E-state index in [0.29, 0.717) is 5.75 Å². The van der Waals surface area contributed by atoms with Gasteiger partial charge in [-0.2, -0.15) is 0 Å². The fourth-order valence-corrected chi connectivity index (χ4v) is 2.30. The Hall–Kier alpha value is -3.29. The third-order valence-corrected chi connectivity index (χ3v) is 3.84. The lowest BCUT2D eigenvalue weighted by molar-refractivity contribution is -0.147. The van der Waals surface area contributed by atoms with E-state index in [9.17, 15) is 14.7 Å². The van der Waals surface area contributed by atoms with Crippen molar-refractivity contribution in [3.8, 4) is 17.2 Å². The molecule has 0 radical (unpaired) electrons. The molecule has 0 saturated carbocycles. The van der Waals surface area contributed by atoms with Crippen LogP contribution in [0, 0.1) is 6.92 Å². The first kappa shape index (κ1) is 21.0. The molecule has 2 N–H and O–H groups in total. The Morgan fingerprint density at radius 3 is 2.50 bits per heavy atom. The van der Waals surface area contributed by atoms with Crippen molar-refractivity contribution < 1.29 is 28.9 Å². The molecule has 1 aromatic heterocycles. The lowest BCUT2D eigenvalue weighted by Gasteiger charge is -2.17. The molecular formula is C20H24N2O6. The highest BCUT2D eigenvalue weighted by molar-refractivity contribution is 5.97. The van der Waals surface area contributed by atoms with Crippen molar-refractivity contribution in [2.24, 2.45) is 0 Å². The number of pyridine rings is 1. The van der Waals surface area contributed by atoms with Crippen LogP contribution in [0.15, 0.2) is 36.5 Å². The molecule has 8 nitrogen and oxygen atoms in total. The number of methoxy groups -OCH3 is 1. The van der Waals surface area contributed by atoms with Gasteiger partial charge in [0, 0.05) is 12.3 Å². The molecule has 28 heavy (non-hydrogen) atoms. The highest BCUT2D eigenvalue weighted by Crippen LogP contribution is 2.27. The lowest BCUT2D eigenvalue weighted by Crippen LogP contribution is -2.40. The van der Waals surface area contributed by atoms with Gasteiger partial charge in [-0.1, -0.05) is 17.7 Å². The van der Waals surface area contributed by atoms with Crippen LogP contribution in [-0.2, 0) is 9.53 Å². The van der Waals surface area contributed by atoms with Crippen LogP contribution in [0.3, 0.4) is 0 Å². The molecule has 0 aliphatic carbocycles. The highest BCUT2D eigenvalue weighted by Gasteiger charge is 2.23. The fourth-order valence-electron chi connectivity index (χ4n) is 2.30. The van der Waals surface area contributed by atoms with Gasteiger partial charge < -0.3 is 24.6 Å². The van der Waals surface area contributed by atoms with Gasteiger partial charge in [-0.05, 0) is 32.9 Å². The maximum atomic E-state index is 12.2. The predicted molar refractivity (Wildman–Crippen MR) is 102 cm³/mol. The molecule has 1 heterocycles. The summed E-state index contributed by atoms with van der Waals surface area (Å²) in [7, 11) is 1.36. The first-order chi connectivity index (χ1) is 13.3. The summed E-state index contributed by atoms with van der Waals surface area (Å²) in [6, 6.07) is 8.00. The summed E-state index contributed by atoms with van der Waals surface area (Å²) in [5.74, 6) is -0.962. The molecule has 1 aromatic carbocycles. The van der Waals surface area contributed by atoms with Crippen molar-refractivity contribution in [2.45, 2.75) is 32.9 Å². The Morgan fingerprint density at radius 2 is 1.86 bits per heavy atom. The van der Waals surface area contributed by atoms with Crippen LogP contribution in [0.5, 0.6) is 17.2 Å². The number of amides is 1. The van der Waals surface area contributed by atoms with E-state index in [-0.39, 0.29) is 24.2 Å². The second-order valence-corrected chi connectivity index (χ2v) is 6.28. The van der Waals surface area contributed by atoms with Crippen LogP contribution >= 0.6 is 0 Å². The summed E-state index contributed by atoms with van der Waals surface area (Å²) in [5.41, 5.74) is 0.877. The van der Waals surface area contributed by atoms with Crippen LogP contribution in [0.2, 0.25) is 0 Å². The van der Waals surface area contributed by atoms with E-state index in [1.165, 1.54) is 26.3 Å². The molecule has 0 aliphatic rings. The van der Waals surface area contributed by atoms with Gasteiger partial charge in [-0.3, -0.25) is 4.79 Å². The molecule has 2 aromatic rings. The number of nitrogens with zero attached hydrogens (tertiary/aromatic N) is 1. The summed E-state index contributed by atoms with van der Waals surface area (Å²) >= 11 is 0. The summed E-state index contributed by atoms with van der Waals surface area (Å²) in [6.07, 6.45) is 0.958. The van der Waals surface area contributed by atoms with Crippen molar-refractivity contribution in [3.63, 3.8) is 0 Å². The number of carbonyl (C=O) groups excluding carboxylic acids is 2. The van der Waals surface area contributed by atoms with E-state index in [4.69, 9.17) is 14.2 Å². The van der Waals surface area contributed by atoms with Gasteiger partial charge in [0.1, 0.15) is 24.5 Å². The largest absolute Gasteiger partial charge is 0.503 e. The standard InChI is InChI=1S/C20H24N2O6/c1-12-5-7-15(8-6-12)28-13(2)11-27-20(25)14(3)22-19(24)17-18(23)16(26-4)9-10-21-17/h5-10,13-14,23H,11H2,1-4H3,(H,22,24)/t13-,14-/m0/s1. The zero-order valence-electron chi connectivity index (χ0n) is 16.3. The van der Waals surface area contributed by atoms with Gasteiger partial charge in [0.05, 0.1) is 7.11 Å². The maximum absolute atomic E-state index is 12.2. The summed E-state index contributed by atoms with van der Waals surface area (Å²) in [4.78, 5) is 28.2. The van der Waals surface area contributed by atoms with Gasteiger partial charge in [-0.15, -0.1) is 0 Å². The summed E-state index contributed by atoms with van der Waals surface area (Å²) in [6.45, 7) is 5.25. The van der Waals surface area contributed by atoms with Crippen molar-refractivity contribution in [1.29, 1.82) is 0 Å². The number of benzene rings is 1. The zero-order chi connectivity index (χ0) is 20.7. The van der Waals surface area contributed by atoms with Crippen molar-refractivity contribution in [1.82, 2.24) is 10.3 Å². The van der Waals surface area contributed by atoms with Gasteiger partial charge >= 0.3 is 5.97 Å². The molecule has 0 fully saturated rings. The monoisotopic (exact) mass is 388 g/mol. The van der Waals surface area contributed by atoms with Crippen LogP contribution in [0.1, 0.15) is 29.9 Å². The van der Waals surface area contributed by atoms with E-state index in [1.54, 1.807) is 6.92 Å². The van der Waals surface area contributed by atoms with E-state index in [1.807, 2.05) is 31.2 Å². The van der Waals surface area contributed by atoms with E-state index in [2.05, 4.69) is 10.3 Å². The summed E-state index contributed by atoms with van der Waals surface area (Å²) < 4.78 is 15.8. The second-order valence-electron chi connectivity index (χ2n) is 6.28. The van der Waals surface area contributed by atoms with Crippen LogP contribution in [0.25, 0.3) is 0 Å². The maximum Gasteiger partial charge on any atom is 0.328 e. The molecular weight excluding hydrogens is 364 g/mol. The Bertz CT molecular complexity index is 822. The van der Waals surface area contributed by atoms with Crippen molar-refractivity contribution in [2.75, 3.05) is 13.7 Å². The van der Waals surface area contributed by atoms with Crippen LogP contribution in [0.4, 0.5) is 0 Å². The number of nitrogens with one attached hydrogen (secondary N) is 1. The molecule has 2 rings (SSSR count). The minimum absolute atomic E-state index is 0.0234. The highest BCUT2D eigenvalue weighted by atomic mass is 16.6. The molecule has 0 unspecified atom stereocenters. The molecule has 0 saturated heterocycles. The first-order valence-electron chi connectivity index (χ1n) is 8.74. The third-order valence-electron chi connectivity index (χ3n) is 3.84. The van der Waals surface area contributed by atoms with Gasteiger partial charge in [-0.25, -0.2) is 9.78 Å². The topological polar surface area (TPSA) is 107 Å². The molecule has 0 spiro atoms. The number of hydrogen-bond donors (Lipinski definition) is 2. The Kier molecular flexibility index (Phi) is 7.20. The normalized spacial score (nSPS) is 12.6. The van der Waals surface area contributed by atoms with E-state index < -0.39 is 23.7 Å². The number of carbonyl (C=O) groups is 2. The number of ether oxygens (including phenoxy) is 3. The number of aromatic hydroxyl groups is 1. The van der Waals surface area contributed by atoms with Crippen LogP contribution < -0.4 is 14.8 Å². The first-order valence-corrected chi connectivity index (χ1v) is 8.74. The minimum atomic E-state index is -0.938. The number of hydrogen-bond acceptors (Lipinski definition) is 7. The lowest BCUT2D eigenvalue weighted by atomic mass is 10.2. The Balaban J connectivity index is 1.85. The second kappa shape index (κ2) is 9.59. The van der Waals surface area contributed by atoms with Gasteiger partial charge in [0.15, 0.2) is 17.2 Å². The van der Waals surface area contributed by atoms with Gasteiger partial charge in [0.25, 0.3) is 5.91 Å². The van der Waals surface area contributed by atoms with E-state index >= 15 is 0 Å². The number of aryl methyl sites for hydroxylation is 1. The zero-order valence-corrected chi connectivity index (χ0v) is 16.3. The van der Waals surface area contributed by atoms with Gasteiger partial charge in [0.2, 0.25) is 0 Å². The molecule has 150 valence electrons. The predicted octanol–water partition coefficient (Wildman–Crippen LogP) is 2.23. The molecule has 2 atom stereocenters. The molecule has 1 amide bonds. The minimum Gasteiger partial charge on any atom is -0.503 e. The summed E-state index contributed by atoms with van der Waals surface area (Å²) in [5, 5.41) is 12.4. The molecule has 0 aliphatic heterocycles. The smallest absolute Gasteiger partial charge is 0.328 e. The average molecular weight is 388 g/mol. The Labute approximate surface area is 163 Å². The quantitative estimate of drug-likeness (QED) is 0.668. The van der Waals surface area contributed by atoms with Crippen LogP contribution in [-0.4, -0.2) is 47.8 Å². The number of esters is 1. The number of aromatic nitrogens is 1. The molecule has 0 bridgehead atoms. The van der Waals surface area contributed by atoms with Crippen molar-refractivity contribution in [3.05, 3.63) is 47.8 Å². The average Bonchev–Trinajstić information content (AvgIpc) is 2.67. The SMILES string of the molecule is COc1ccnc(C(=O)N[C@@H](C)C(=O)OC[C@H](C)Oc2ccc(C)cc2)c1O. The third kappa shape index (κ3) is 5.60. The van der Waals surface area contributed by atoms with E-state index in [0.717, 1.165) is 5.56 Å². The fraction of sp³-hybridized carbons (Fsp3) is 0.350.